The van der Waals surface area contributed by atoms with Crippen LogP contribution in [0.25, 0.3) is 0 Å². The Bertz CT molecular complexity index is 516. The van der Waals surface area contributed by atoms with E-state index in [4.69, 9.17) is 17.3 Å². The predicted octanol–water partition coefficient (Wildman–Crippen LogP) is 3.28. The van der Waals surface area contributed by atoms with Crippen LogP contribution in [0.1, 0.15) is 24.9 Å². The molecule has 0 saturated heterocycles. The van der Waals surface area contributed by atoms with Crippen LogP contribution in [0, 0.1) is 0 Å². The van der Waals surface area contributed by atoms with Gasteiger partial charge in [-0.15, -0.1) is 0 Å². The van der Waals surface area contributed by atoms with Gasteiger partial charge in [0.05, 0.1) is 17.9 Å². The summed E-state index contributed by atoms with van der Waals surface area (Å²) in [6.45, 7) is 2.10. The van der Waals surface area contributed by atoms with Crippen LogP contribution in [-0.4, -0.2) is 9.97 Å². The van der Waals surface area contributed by atoms with Crippen molar-refractivity contribution in [2.75, 3.05) is 11.1 Å². The number of aromatic nitrogens is 2. The van der Waals surface area contributed by atoms with Gasteiger partial charge in [-0.2, -0.15) is 4.98 Å². The van der Waals surface area contributed by atoms with Gasteiger partial charge in [0, 0.05) is 0 Å². The number of rotatable bonds is 4. The molecule has 1 atom stereocenters. The number of benzene rings is 1. The quantitative estimate of drug-likeness (QED) is 0.830. The molecule has 0 aliphatic carbocycles. The van der Waals surface area contributed by atoms with E-state index in [-0.39, 0.29) is 11.3 Å². The Morgan fingerprint density at radius 1 is 1.33 bits per heavy atom. The van der Waals surface area contributed by atoms with Crippen molar-refractivity contribution in [3.8, 4) is 0 Å². The maximum absolute atomic E-state index is 5.82. The van der Waals surface area contributed by atoms with Gasteiger partial charge in [0.15, 0.2) is 5.82 Å². The molecule has 0 amide bonds. The van der Waals surface area contributed by atoms with E-state index in [1.165, 1.54) is 11.8 Å². The smallest absolute Gasteiger partial charge is 0.224 e. The summed E-state index contributed by atoms with van der Waals surface area (Å²) in [7, 11) is 0. The Hall–Kier alpha value is -1.81. The molecule has 1 aromatic carbocycles. The van der Waals surface area contributed by atoms with Crippen LogP contribution < -0.4 is 11.1 Å². The fourth-order valence-electron chi connectivity index (χ4n) is 1.76. The summed E-state index contributed by atoms with van der Waals surface area (Å²) < 4.78 is 0. The number of nitrogen functional groups attached to an aromatic ring is 1. The molecule has 3 N–H and O–H groups in total. The van der Waals surface area contributed by atoms with Crippen molar-refractivity contribution in [2.24, 2.45) is 0 Å². The van der Waals surface area contributed by atoms with E-state index in [1.807, 2.05) is 18.2 Å². The molecule has 1 heterocycles. The summed E-state index contributed by atoms with van der Waals surface area (Å²) in [6, 6.07) is 10.3. The van der Waals surface area contributed by atoms with Gasteiger partial charge in [0.2, 0.25) is 5.28 Å². The fourth-order valence-corrected chi connectivity index (χ4v) is 1.89. The summed E-state index contributed by atoms with van der Waals surface area (Å²) in [6.07, 6.45) is 2.43. The second-order valence-electron chi connectivity index (χ2n) is 3.96. The summed E-state index contributed by atoms with van der Waals surface area (Å²) >= 11 is 5.77. The van der Waals surface area contributed by atoms with Gasteiger partial charge in [-0.3, -0.25) is 0 Å². The molecule has 0 aliphatic rings. The van der Waals surface area contributed by atoms with Crippen molar-refractivity contribution in [1.29, 1.82) is 0 Å². The molecule has 0 spiro atoms. The molecule has 0 radical (unpaired) electrons. The normalized spacial score (nSPS) is 12.1. The van der Waals surface area contributed by atoms with E-state index in [9.17, 15) is 0 Å². The van der Waals surface area contributed by atoms with E-state index in [1.54, 1.807) is 0 Å². The van der Waals surface area contributed by atoms with Crippen LogP contribution >= 0.6 is 11.6 Å². The highest BCUT2D eigenvalue weighted by Gasteiger charge is 2.11. The first-order valence-electron chi connectivity index (χ1n) is 5.80. The maximum atomic E-state index is 5.82. The molecule has 5 heteroatoms. The van der Waals surface area contributed by atoms with Crippen molar-refractivity contribution < 1.29 is 0 Å². The van der Waals surface area contributed by atoms with Crippen LogP contribution in [0.15, 0.2) is 36.5 Å². The van der Waals surface area contributed by atoms with E-state index in [2.05, 4.69) is 34.3 Å². The lowest BCUT2D eigenvalue weighted by Crippen LogP contribution is -2.12. The number of nitrogens with two attached hydrogens (primary N) is 1. The van der Waals surface area contributed by atoms with E-state index in [0.29, 0.717) is 11.5 Å². The zero-order chi connectivity index (χ0) is 13.0. The summed E-state index contributed by atoms with van der Waals surface area (Å²) in [4.78, 5) is 7.94. The Labute approximate surface area is 111 Å². The Balaban J connectivity index is 2.23. The highest BCUT2D eigenvalue weighted by Crippen LogP contribution is 2.24. The number of nitrogens with zero attached hydrogens (tertiary/aromatic N) is 2. The van der Waals surface area contributed by atoms with Crippen molar-refractivity contribution in [1.82, 2.24) is 9.97 Å². The molecule has 2 rings (SSSR count). The molecule has 4 nitrogen and oxygen atoms in total. The second kappa shape index (κ2) is 5.69. The van der Waals surface area contributed by atoms with E-state index < -0.39 is 0 Å². The third-order valence-electron chi connectivity index (χ3n) is 2.71. The van der Waals surface area contributed by atoms with Crippen LogP contribution in [0.3, 0.4) is 0 Å². The molecule has 18 heavy (non-hydrogen) atoms. The van der Waals surface area contributed by atoms with Crippen LogP contribution in [0.5, 0.6) is 0 Å². The van der Waals surface area contributed by atoms with Crippen molar-refractivity contribution >= 4 is 23.1 Å². The number of hydrogen-bond donors (Lipinski definition) is 2. The number of nitrogens with one attached hydrogen (secondary N) is 1. The largest absolute Gasteiger partial charge is 0.394 e. The van der Waals surface area contributed by atoms with Gasteiger partial charge >= 0.3 is 0 Å². The van der Waals surface area contributed by atoms with Crippen molar-refractivity contribution in [3.05, 3.63) is 47.4 Å². The molecule has 94 valence electrons. The van der Waals surface area contributed by atoms with Gasteiger partial charge < -0.3 is 11.1 Å². The summed E-state index contributed by atoms with van der Waals surface area (Å²) in [5.74, 6) is 0.575. The first-order chi connectivity index (χ1) is 8.70. The molecule has 0 saturated carbocycles. The molecule has 2 aromatic rings. The fraction of sp³-hybridized carbons (Fsp3) is 0.231. The number of hydrogen-bond acceptors (Lipinski definition) is 4. The third-order valence-corrected chi connectivity index (χ3v) is 2.89. The van der Waals surface area contributed by atoms with Gasteiger partial charge in [-0.05, 0) is 23.6 Å². The maximum Gasteiger partial charge on any atom is 0.224 e. The Morgan fingerprint density at radius 3 is 2.72 bits per heavy atom. The number of halogens is 1. The van der Waals surface area contributed by atoms with Gasteiger partial charge in [0.25, 0.3) is 0 Å². The minimum atomic E-state index is 0.152. The predicted molar refractivity (Wildman–Crippen MR) is 74.6 cm³/mol. The third kappa shape index (κ3) is 2.90. The topological polar surface area (TPSA) is 63.8 Å². The standard InChI is InChI=1S/C13H15ClN4/c1-2-11(9-6-4-3-5-7-9)17-12-10(15)8-16-13(14)18-12/h3-8,11H,2,15H2,1H3,(H,16,17,18). The number of anilines is 2. The average molecular weight is 263 g/mol. The molecule has 1 aromatic heterocycles. The van der Waals surface area contributed by atoms with E-state index in [0.717, 1.165) is 6.42 Å². The average Bonchev–Trinajstić information content (AvgIpc) is 2.41. The lowest BCUT2D eigenvalue weighted by atomic mass is 10.0. The molecular formula is C13H15ClN4. The highest BCUT2D eigenvalue weighted by molar-refractivity contribution is 6.28. The van der Waals surface area contributed by atoms with Gasteiger partial charge in [-0.25, -0.2) is 4.98 Å². The molecular weight excluding hydrogens is 248 g/mol. The van der Waals surface area contributed by atoms with E-state index >= 15 is 0 Å². The lowest BCUT2D eigenvalue weighted by Gasteiger charge is -2.18. The summed E-state index contributed by atoms with van der Waals surface area (Å²) in [5.41, 5.74) is 7.51. The minimum absolute atomic E-state index is 0.152. The highest BCUT2D eigenvalue weighted by atomic mass is 35.5. The minimum Gasteiger partial charge on any atom is -0.394 e. The first kappa shape index (κ1) is 12.6. The van der Waals surface area contributed by atoms with Crippen LogP contribution in [0.4, 0.5) is 11.5 Å². The molecule has 1 unspecified atom stereocenters. The van der Waals surface area contributed by atoms with Crippen molar-refractivity contribution in [2.45, 2.75) is 19.4 Å². The van der Waals surface area contributed by atoms with Gasteiger partial charge in [-0.1, -0.05) is 37.3 Å². The Morgan fingerprint density at radius 2 is 2.06 bits per heavy atom. The zero-order valence-corrected chi connectivity index (χ0v) is 10.9. The van der Waals surface area contributed by atoms with Gasteiger partial charge in [0.1, 0.15) is 0 Å². The van der Waals surface area contributed by atoms with Crippen molar-refractivity contribution in [3.63, 3.8) is 0 Å². The zero-order valence-electron chi connectivity index (χ0n) is 10.1. The molecule has 0 fully saturated rings. The molecule has 0 aliphatic heterocycles. The van der Waals surface area contributed by atoms with Crippen LogP contribution in [0.2, 0.25) is 5.28 Å². The molecule has 0 bridgehead atoms. The van der Waals surface area contributed by atoms with Crippen LogP contribution in [-0.2, 0) is 0 Å². The Kier molecular flexibility index (Phi) is 3.99. The lowest BCUT2D eigenvalue weighted by molar-refractivity contribution is 0.744. The first-order valence-corrected chi connectivity index (χ1v) is 6.18. The summed E-state index contributed by atoms with van der Waals surface area (Å²) in [5, 5.41) is 3.48. The second-order valence-corrected chi connectivity index (χ2v) is 4.30. The SMILES string of the molecule is CCC(Nc1nc(Cl)ncc1N)c1ccccc1. The monoisotopic (exact) mass is 262 g/mol.